The van der Waals surface area contributed by atoms with E-state index < -0.39 is 0 Å². The molecule has 0 unspecified atom stereocenters. The number of hydrogen-bond donors (Lipinski definition) is 0. The zero-order valence-electron chi connectivity index (χ0n) is 18.6. The maximum atomic E-state index is 13.4. The van der Waals surface area contributed by atoms with E-state index in [1.807, 2.05) is 49.4 Å². The van der Waals surface area contributed by atoms with Gasteiger partial charge in [0, 0.05) is 17.6 Å². The lowest BCUT2D eigenvalue weighted by molar-refractivity contribution is -0.143. The van der Waals surface area contributed by atoms with E-state index >= 15 is 0 Å². The maximum Gasteiger partial charge on any atom is 0.261 e. The molecule has 6 nitrogen and oxygen atoms in total. The average Bonchev–Trinajstić information content (AvgIpc) is 3.58. The van der Waals surface area contributed by atoms with Crippen LogP contribution in [0.25, 0.3) is 0 Å². The Balaban J connectivity index is 1.43. The van der Waals surface area contributed by atoms with Gasteiger partial charge in [-0.25, -0.2) is 0 Å². The van der Waals surface area contributed by atoms with Crippen molar-refractivity contribution in [3.63, 3.8) is 0 Å². The fourth-order valence-corrected chi connectivity index (χ4v) is 3.73. The van der Waals surface area contributed by atoms with Gasteiger partial charge in [0.2, 0.25) is 5.91 Å². The van der Waals surface area contributed by atoms with E-state index in [0.29, 0.717) is 29.6 Å². The molecule has 3 aromatic rings. The van der Waals surface area contributed by atoms with Crippen LogP contribution in [0.1, 0.15) is 29.9 Å². The van der Waals surface area contributed by atoms with Gasteiger partial charge < -0.3 is 19.0 Å². The van der Waals surface area contributed by atoms with Crippen LogP contribution in [-0.2, 0) is 22.7 Å². The minimum Gasteiger partial charge on any atom is -0.484 e. The molecule has 0 aliphatic heterocycles. The van der Waals surface area contributed by atoms with Crippen LogP contribution in [0.2, 0.25) is 5.02 Å². The first-order valence-electron chi connectivity index (χ1n) is 11.0. The maximum absolute atomic E-state index is 13.4. The molecule has 0 bridgehead atoms. The summed E-state index contributed by atoms with van der Waals surface area (Å²) in [6, 6.07) is 20.5. The number of furan rings is 1. The highest BCUT2D eigenvalue weighted by atomic mass is 35.5. The summed E-state index contributed by atoms with van der Waals surface area (Å²) in [6.07, 6.45) is 1.80. The third kappa shape index (κ3) is 6.62. The number of nitrogens with zero attached hydrogens (tertiary/aromatic N) is 2. The Morgan fingerprint density at radius 1 is 0.970 bits per heavy atom. The van der Waals surface area contributed by atoms with E-state index in [1.54, 1.807) is 34.1 Å². The van der Waals surface area contributed by atoms with E-state index in [4.69, 9.17) is 20.8 Å². The quantitative estimate of drug-likeness (QED) is 0.429. The lowest BCUT2D eigenvalue weighted by atomic mass is 10.2. The molecule has 0 N–H and O–H groups in total. The van der Waals surface area contributed by atoms with Crippen molar-refractivity contribution < 1.29 is 18.7 Å². The summed E-state index contributed by atoms with van der Waals surface area (Å²) in [5.74, 6) is 1.75. The number of aryl methyl sites for hydroxylation is 1. The summed E-state index contributed by atoms with van der Waals surface area (Å²) in [4.78, 5) is 29.7. The SMILES string of the molecule is Cc1ccc(CN(Cc2ccccc2)C(=O)CN(C(=O)COc2ccc(Cl)cc2)C2CC2)o1. The first kappa shape index (κ1) is 22.9. The summed E-state index contributed by atoms with van der Waals surface area (Å²) in [5.41, 5.74) is 1.02. The number of carbonyl (C=O) groups excluding carboxylic acids is 2. The Morgan fingerprint density at radius 3 is 2.33 bits per heavy atom. The Morgan fingerprint density at radius 2 is 1.70 bits per heavy atom. The van der Waals surface area contributed by atoms with Crippen molar-refractivity contribution in [2.45, 2.75) is 38.9 Å². The molecule has 1 aliphatic carbocycles. The molecule has 0 atom stereocenters. The van der Waals surface area contributed by atoms with E-state index in [-0.39, 0.29) is 31.0 Å². The number of amides is 2. The molecule has 4 rings (SSSR count). The predicted molar refractivity (Wildman–Crippen MR) is 126 cm³/mol. The lowest BCUT2D eigenvalue weighted by Gasteiger charge is -2.27. The second-order valence-corrected chi connectivity index (χ2v) is 8.68. The Bertz CT molecular complexity index is 1080. The largest absolute Gasteiger partial charge is 0.484 e. The third-order valence-corrected chi connectivity index (χ3v) is 5.75. The predicted octanol–water partition coefficient (Wildman–Crippen LogP) is 4.84. The summed E-state index contributed by atoms with van der Waals surface area (Å²) >= 11 is 5.90. The molecule has 0 saturated heterocycles. The molecule has 1 aliphatic rings. The molecular weight excluding hydrogens is 440 g/mol. The summed E-state index contributed by atoms with van der Waals surface area (Å²) < 4.78 is 11.3. The number of ether oxygens (including phenoxy) is 1. The van der Waals surface area contributed by atoms with Crippen molar-refractivity contribution in [1.82, 2.24) is 9.80 Å². The Labute approximate surface area is 198 Å². The van der Waals surface area contributed by atoms with Crippen molar-refractivity contribution in [1.29, 1.82) is 0 Å². The van der Waals surface area contributed by atoms with Crippen molar-refractivity contribution in [3.05, 3.63) is 88.8 Å². The zero-order chi connectivity index (χ0) is 23.2. The van der Waals surface area contributed by atoms with E-state index in [1.165, 1.54) is 0 Å². The van der Waals surface area contributed by atoms with Crippen LogP contribution in [0.15, 0.2) is 71.1 Å². The van der Waals surface area contributed by atoms with Crippen molar-refractivity contribution >= 4 is 23.4 Å². The monoisotopic (exact) mass is 466 g/mol. The molecule has 33 heavy (non-hydrogen) atoms. The number of benzene rings is 2. The molecule has 2 aromatic carbocycles. The van der Waals surface area contributed by atoms with Gasteiger partial charge in [0.15, 0.2) is 6.61 Å². The van der Waals surface area contributed by atoms with Crippen LogP contribution >= 0.6 is 11.6 Å². The summed E-state index contributed by atoms with van der Waals surface area (Å²) in [6.45, 7) is 2.55. The molecular formula is C26H27ClN2O4. The zero-order valence-corrected chi connectivity index (χ0v) is 19.3. The minimum absolute atomic E-state index is 0.0139. The first-order chi connectivity index (χ1) is 16.0. The highest BCUT2D eigenvalue weighted by Crippen LogP contribution is 2.27. The number of hydrogen-bond acceptors (Lipinski definition) is 4. The van der Waals surface area contributed by atoms with Gasteiger partial charge in [0.25, 0.3) is 5.91 Å². The van der Waals surface area contributed by atoms with Gasteiger partial charge in [-0.3, -0.25) is 9.59 Å². The molecule has 1 fully saturated rings. The van der Waals surface area contributed by atoms with Crippen molar-refractivity contribution in [3.8, 4) is 5.75 Å². The normalized spacial score (nSPS) is 12.9. The van der Waals surface area contributed by atoms with Crippen LogP contribution in [-0.4, -0.2) is 40.8 Å². The topological polar surface area (TPSA) is 63.0 Å². The highest BCUT2D eigenvalue weighted by molar-refractivity contribution is 6.30. The van der Waals surface area contributed by atoms with Crippen LogP contribution in [0.3, 0.4) is 0 Å². The molecule has 1 saturated carbocycles. The smallest absolute Gasteiger partial charge is 0.261 e. The van der Waals surface area contributed by atoms with E-state index in [0.717, 1.165) is 24.2 Å². The van der Waals surface area contributed by atoms with Crippen molar-refractivity contribution in [2.24, 2.45) is 0 Å². The Kier molecular flexibility index (Phi) is 7.35. The van der Waals surface area contributed by atoms with E-state index in [9.17, 15) is 9.59 Å². The molecule has 2 amide bonds. The minimum atomic E-state index is -0.200. The number of rotatable bonds is 10. The first-order valence-corrected chi connectivity index (χ1v) is 11.4. The van der Waals surface area contributed by atoms with Gasteiger partial charge in [0.1, 0.15) is 23.8 Å². The van der Waals surface area contributed by atoms with Crippen LogP contribution in [0.4, 0.5) is 0 Å². The highest BCUT2D eigenvalue weighted by Gasteiger charge is 2.35. The van der Waals surface area contributed by atoms with Gasteiger partial charge in [-0.2, -0.15) is 0 Å². The average molecular weight is 467 g/mol. The van der Waals surface area contributed by atoms with Gasteiger partial charge in [-0.1, -0.05) is 41.9 Å². The van der Waals surface area contributed by atoms with E-state index in [2.05, 4.69) is 0 Å². The fraction of sp³-hybridized carbons (Fsp3) is 0.308. The summed E-state index contributed by atoms with van der Waals surface area (Å²) in [7, 11) is 0. The van der Waals surface area contributed by atoms with Gasteiger partial charge in [-0.15, -0.1) is 0 Å². The fourth-order valence-electron chi connectivity index (χ4n) is 3.61. The molecule has 0 spiro atoms. The molecule has 0 radical (unpaired) electrons. The lowest BCUT2D eigenvalue weighted by Crippen LogP contribution is -2.45. The van der Waals surface area contributed by atoms with Crippen LogP contribution < -0.4 is 4.74 Å². The Hall–Kier alpha value is -3.25. The van der Waals surface area contributed by atoms with Crippen LogP contribution in [0.5, 0.6) is 5.75 Å². The van der Waals surface area contributed by atoms with Crippen LogP contribution in [0, 0.1) is 6.92 Å². The van der Waals surface area contributed by atoms with Gasteiger partial charge in [-0.05, 0) is 61.7 Å². The number of carbonyl (C=O) groups is 2. The summed E-state index contributed by atoms with van der Waals surface area (Å²) in [5, 5.41) is 0.601. The molecule has 1 heterocycles. The van der Waals surface area contributed by atoms with Gasteiger partial charge >= 0.3 is 0 Å². The van der Waals surface area contributed by atoms with Crippen molar-refractivity contribution in [2.75, 3.05) is 13.2 Å². The second kappa shape index (κ2) is 10.6. The standard InChI is InChI=1S/C26H27ClN2O4/c1-19-7-12-24(33-19)16-28(15-20-5-3-2-4-6-20)25(30)17-29(22-10-11-22)26(31)18-32-23-13-8-21(27)9-14-23/h2-9,12-14,22H,10-11,15-18H2,1H3. The molecule has 172 valence electrons. The third-order valence-electron chi connectivity index (χ3n) is 5.50. The second-order valence-electron chi connectivity index (χ2n) is 8.24. The number of halogens is 1. The molecule has 1 aromatic heterocycles. The van der Waals surface area contributed by atoms with Gasteiger partial charge in [0.05, 0.1) is 6.54 Å². The molecule has 7 heteroatoms.